The van der Waals surface area contributed by atoms with E-state index < -0.39 is 0 Å². The van der Waals surface area contributed by atoms with Gasteiger partial charge >= 0.3 is 0 Å². The SMILES string of the molecule is CC[C@@H](N)C(=O)NCCc1cccs1. The molecule has 0 radical (unpaired) electrons. The monoisotopic (exact) mass is 212 g/mol. The van der Waals surface area contributed by atoms with Crippen LogP contribution in [0.25, 0.3) is 0 Å². The van der Waals surface area contributed by atoms with Gasteiger partial charge in [-0.05, 0) is 24.3 Å². The van der Waals surface area contributed by atoms with Crippen LogP contribution in [0.15, 0.2) is 17.5 Å². The molecular formula is C10H16N2OS. The number of nitrogens with one attached hydrogen (secondary N) is 1. The number of thiophene rings is 1. The lowest BCUT2D eigenvalue weighted by Crippen LogP contribution is -2.40. The number of rotatable bonds is 5. The average Bonchev–Trinajstić information content (AvgIpc) is 2.69. The third kappa shape index (κ3) is 3.47. The Morgan fingerprint density at radius 1 is 1.71 bits per heavy atom. The zero-order chi connectivity index (χ0) is 10.4. The summed E-state index contributed by atoms with van der Waals surface area (Å²) < 4.78 is 0. The van der Waals surface area contributed by atoms with Crippen molar-refractivity contribution < 1.29 is 4.79 Å². The normalized spacial score (nSPS) is 12.4. The van der Waals surface area contributed by atoms with Gasteiger partial charge in [0.15, 0.2) is 0 Å². The Bertz CT molecular complexity index is 272. The Balaban J connectivity index is 2.18. The summed E-state index contributed by atoms with van der Waals surface area (Å²) in [6.45, 7) is 2.58. The molecule has 0 fully saturated rings. The molecule has 1 aromatic rings. The van der Waals surface area contributed by atoms with Crippen LogP contribution in [0.2, 0.25) is 0 Å². The van der Waals surface area contributed by atoms with E-state index in [-0.39, 0.29) is 11.9 Å². The topological polar surface area (TPSA) is 55.1 Å². The molecule has 1 rings (SSSR count). The van der Waals surface area contributed by atoms with Crippen LogP contribution in [0, 0.1) is 0 Å². The van der Waals surface area contributed by atoms with Crippen LogP contribution >= 0.6 is 11.3 Å². The first kappa shape index (κ1) is 11.2. The fourth-order valence-electron chi connectivity index (χ4n) is 1.08. The minimum Gasteiger partial charge on any atom is -0.354 e. The summed E-state index contributed by atoms with van der Waals surface area (Å²) in [6, 6.07) is 3.72. The van der Waals surface area contributed by atoms with Crippen molar-refractivity contribution in [1.29, 1.82) is 0 Å². The highest BCUT2D eigenvalue weighted by Gasteiger charge is 2.09. The molecule has 0 aliphatic rings. The van der Waals surface area contributed by atoms with Gasteiger partial charge in [-0.2, -0.15) is 0 Å². The molecule has 14 heavy (non-hydrogen) atoms. The number of amides is 1. The lowest BCUT2D eigenvalue weighted by Gasteiger charge is -2.08. The van der Waals surface area contributed by atoms with Gasteiger partial charge in [-0.25, -0.2) is 0 Å². The number of hydrogen-bond acceptors (Lipinski definition) is 3. The van der Waals surface area contributed by atoms with Crippen LogP contribution in [0.4, 0.5) is 0 Å². The minimum absolute atomic E-state index is 0.0518. The molecule has 4 heteroatoms. The van der Waals surface area contributed by atoms with E-state index in [1.807, 2.05) is 18.4 Å². The van der Waals surface area contributed by atoms with Crippen LogP contribution in [-0.4, -0.2) is 18.5 Å². The van der Waals surface area contributed by atoms with Crippen molar-refractivity contribution in [1.82, 2.24) is 5.32 Å². The quantitative estimate of drug-likeness (QED) is 0.769. The molecule has 0 aliphatic heterocycles. The van der Waals surface area contributed by atoms with Gasteiger partial charge in [0.05, 0.1) is 6.04 Å². The van der Waals surface area contributed by atoms with E-state index in [1.165, 1.54) is 4.88 Å². The van der Waals surface area contributed by atoms with Gasteiger partial charge in [-0.1, -0.05) is 13.0 Å². The summed E-state index contributed by atoms with van der Waals surface area (Å²) in [7, 11) is 0. The van der Waals surface area contributed by atoms with Gasteiger partial charge in [0.2, 0.25) is 5.91 Å². The summed E-state index contributed by atoms with van der Waals surface area (Å²) in [5.74, 6) is -0.0518. The molecule has 0 unspecified atom stereocenters. The predicted molar refractivity (Wildman–Crippen MR) is 59.3 cm³/mol. The van der Waals surface area contributed by atoms with Crippen LogP contribution in [0.5, 0.6) is 0 Å². The Morgan fingerprint density at radius 2 is 2.50 bits per heavy atom. The summed E-state index contributed by atoms with van der Waals surface area (Å²) in [5, 5.41) is 4.85. The summed E-state index contributed by atoms with van der Waals surface area (Å²) in [6.07, 6.45) is 1.57. The number of nitrogens with two attached hydrogens (primary N) is 1. The van der Waals surface area contributed by atoms with E-state index in [0.717, 1.165) is 6.42 Å². The van der Waals surface area contributed by atoms with Crippen molar-refractivity contribution >= 4 is 17.2 Å². The maximum absolute atomic E-state index is 11.3. The van der Waals surface area contributed by atoms with Crippen LogP contribution in [0.3, 0.4) is 0 Å². The maximum Gasteiger partial charge on any atom is 0.236 e. The molecule has 1 heterocycles. The van der Waals surface area contributed by atoms with Gasteiger partial charge in [0, 0.05) is 11.4 Å². The number of carbonyl (C=O) groups excluding carboxylic acids is 1. The summed E-state index contributed by atoms with van der Waals surface area (Å²) >= 11 is 1.71. The van der Waals surface area contributed by atoms with Gasteiger partial charge in [0.25, 0.3) is 0 Å². The lowest BCUT2D eigenvalue weighted by molar-refractivity contribution is -0.122. The highest BCUT2D eigenvalue weighted by molar-refractivity contribution is 7.09. The van der Waals surface area contributed by atoms with Gasteiger partial charge in [0.1, 0.15) is 0 Å². The van der Waals surface area contributed by atoms with Gasteiger partial charge in [-0.3, -0.25) is 4.79 Å². The van der Waals surface area contributed by atoms with E-state index >= 15 is 0 Å². The Morgan fingerprint density at radius 3 is 3.07 bits per heavy atom. The molecular weight excluding hydrogens is 196 g/mol. The van der Waals surface area contributed by atoms with Gasteiger partial charge in [-0.15, -0.1) is 11.3 Å². The Hall–Kier alpha value is -0.870. The fraction of sp³-hybridized carbons (Fsp3) is 0.500. The van der Waals surface area contributed by atoms with Gasteiger partial charge < -0.3 is 11.1 Å². The van der Waals surface area contributed by atoms with E-state index in [4.69, 9.17) is 5.73 Å². The number of carbonyl (C=O) groups is 1. The highest BCUT2D eigenvalue weighted by Crippen LogP contribution is 2.07. The van der Waals surface area contributed by atoms with Crippen LogP contribution in [0.1, 0.15) is 18.2 Å². The summed E-state index contributed by atoms with van der Waals surface area (Å²) in [5.41, 5.74) is 5.57. The molecule has 0 aliphatic carbocycles. The largest absolute Gasteiger partial charge is 0.354 e. The molecule has 0 saturated carbocycles. The Kier molecular flexibility index (Phi) is 4.62. The second kappa shape index (κ2) is 5.78. The standard InChI is InChI=1S/C10H16N2OS/c1-2-9(11)10(13)12-6-5-8-4-3-7-14-8/h3-4,7,9H,2,5-6,11H2,1H3,(H,12,13)/t9-/m1/s1. The van der Waals surface area contributed by atoms with Crippen molar-refractivity contribution in [3.05, 3.63) is 22.4 Å². The molecule has 0 spiro atoms. The predicted octanol–water partition coefficient (Wildman–Crippen LogP) is 1.14. The third-order valence-electron chi connectivity index (χ3n) is 2.03. The molecule has 0 aromatic carbocycles. The molecule has 0 bridgehead atoms. The van der Waals surface area contributed by atoms with Crippen LogP contribution in [-0.2, 0) is 11.2 Å². The van der Waals surface area contributed by atoms with E-state index in [2.05, 4.69) is 11.4 Å². The van der Waals surface area contributed by atoms with Crippen molar-refractivity contribution in [2.75, 3.05) is 6.54 Å². The molecule has 1 amide bonds. The smallest absolute Gasteiger partial charge is 0.236 e. The van der Waals surface area contributed by atoms with Crippen molar-refractivity contribution in [3.8, 4) is 0 Å². The minimum atomic E-state index is -0.363. The average molecular weight is 212 g/mol. The van der Waals surface area contributed by atoms with E-state index in [0.29, 0.717) is 13.0 Å². The first-order valence-corrected chi connectivity index (χ1v) is 5.67. The summed E-state index contributed by atoms with van der Waals surface area (Å²) in [4.78, 5) is 12.6. The highest BCUT2D eigenvalue weighted by atomic mass is 32.1. The first-order valence-electron chi connectivity index (χ1n) is 4.79. The molecule has 3 nitrogen and oxygen atoms in total. The van der Waals surface area contributed by atoms with E-state index in [9.17, 15) is 4.79 Å². The number of hydrogen-bond donors (Lipinski definition) is 2. The fourth-order valence-corrected chi connectivity index (χ4v) is 1.79. The molecule has 3 N–H and O–H groups in total. The Labute approximate surface area is 88.3 Å². The van der Waals surface area contributed by atoms with Crippen LogP contribution < -0.4 is 11.1 Å². The van der Waals surface area contributed by atoms with Crippen molar-refractivity contribution in [3.63, 3.8) is 0 Å². The van der Waals surface area contributed by atoms with Crippen molar-refractivity contribution in [2.45, 2.75) is 25.8 Å². The second-order valence-electron chi connectivity index (χ2n) is 3.14. The molecule has 1 atom stereocenters. The molecule has 78 valence electrons. The van der Waals surface area contributed by atoms with Crippen molar-refractivity contribution in [2.24, 2.45) is 5.73 Å². The lowest BCUT2D eigenvalue weighted by atomic mass is 10.2. The van der Waals surface area contributed by atoms with E-state index in [1.54, 1.807) is 11.3 Å². The maximum atomic E-state index is 11.3. The molecule has 0 saturated heterocycles. The third-order valence-corrected chi connectivity index (χ3v) is 2.96. The second-order valence-corrected chi connectivity index (χ2v) is 4.17. The zero-order valence-electron chi connectivity index (χ0n) is 8.32. The molecule has 1 aromatic heterocycles. The zero-order valence-corrected chi connectivity index (χ0v) is 9.14. The first-order chi connectivity index (χ1) is 6.74.